The third-order valence-corrected chi connectivity index (χ3v) is 2.27. The first-order chi connectivity index (χ1) is 7.56. The van der Waals surface area contributed by atoms with Crippen LogP contribution in [0.15, 0.2) is 18.2 Å². The minimum atomic E-state index is -0.0467. The van der Waals surface area contributed by atoms with Gasteiger partial charge in [0.1, 0.15) is 17.3 Å². The largest absolute Gasteiger partial charge is 0.395 e. The number of aromatic nitrogens is 1. The van der Waals surface area contributed by atoms with Gasteiger partial charge in [0.15, 0.2) is 0 Å². The molecule has 0 bridgehead atoms. The highest BCUT2D eigenvalue weighted by atomic mass is 16.3. The van der Waals surface area contributed by atoms with Crippen LogP contribution in [0.4, 0.5) is 5.82 Å². The molecule has 0 aliphatic rings. The van der Waals surface area contributed by atoms with Crippen LogP contribution in [0.3, 0.4) is 0 Å². The summed E-state index contributed by atoms with van der Waals surface area (Å²) in [5.74, 6) is 0.686. The Morgan fingerprint density at radius 2 is 2.25 bits per heavy atom. The molecule has 0 fully saturated rings. The molecule has 0 aromatic carbocycles. The number of nitrogens with two attached hydrogens (primary N) is 1. The van der Waals surface area contributed by atoms with E-state index in [-0.39, 0.29) is 18.5 Å². The third kappa shape index (κ3) is 2.93. The summed E-state index contributed by atoms with van der Waals surface area (Å²) in [5, 5.41) is 16.3. The van der Waals surface area contributed by atoms with Crippen molar-refractivity contribution in [3.63, 3.8) is 0 Å². The monoisotopic (exact) mass is 222 g/mol. The summed E-state index contributed by atoms with van der Waals surface area (Å²) < 4.78 is 0. The topological polar surface area (TPSA) is 86.2 Å². The summed E-state index contributed by atoms with van der Waals surface area (Å²) in [5.41, 5.74) is 5.85. The Morgan fingerprint density at radius 3 is 2.75 bits per heavy atom. The number of amidine groups is 1. The van der Waals surface area contributed by atoms with Gasteiger partial charge in [0.2, 0.25) is 0 Å². The maximum atomic E-state index is 8.99. The van der Waals surface area contributed by atoms with E-state index in [1.165, 1.54) is 0 Å². The van der Waals surface area contributed by atoms with Crippen molar-refractivity contribution in [3.05, 3.63) is 23.9 Å². The van der Waals surface area contributed by atoms with Gasteiger partial charge in [0.25, 0.3) is 0 Å². The van der Waals surface area contributed by atoms with Crippen molar-refractivity contribution in [2.24, 2.45) is 5.73 Å². The molecule has 1 aromatic heterocycles. The summed E-state index contributed by atoms with van der Waals surface area (Å²) in [4.78, 5) is 6.24. The molecular weight excluding hydrogens is 204 g/mol. The third-order valence-electron chi connectivity index (χ3n) is 2.27. The summed E-state index contributed by atoms with van der Waals surface area (Å²) >= 11 is 0. The number of nitrogens with zero attached hydrogens (tertiary/aromatic N) is 2. The Morgan fingerprint density at radius 1 is 1.56 bits per heavy atom. The van der Waals surface area contributed by atoms with Gasteiger partial charge in [-0.1, -0.05) is 6.07 Å². The number of aliphatic hydroxyl groups is 1. The molecule has 1 heterocycles. The Labute approximate surface area is 95.4 Å². The van der Waals surface area contributed by atoms with Crippen LogP contribution in [0.1, 0.15) is 19.5 Å². The smallest absolute Gasteiger partial charge is 0.141 e. The molecule has 0 saturated heterocycles. The molecule has 88 valence electrons. The fourth-order valence-corrected chi connectivity index (χ4v) is 1.48. The highest BCUT2D eigenvalue weighted by Crippen LogP contribution is 2.14. The summed E-state index contributed by atoms with van der Waals surface area (Å²) in [7, 11) is 0. The zero-order valence-electron chi connectivity index (χ0n) is 9.64. The summed E-state index contributed by atoms with van der Waals surface area (Å²) in [6.45, 7) is 4.64. The van der Waals surface area contributed by atoms with E-state index in [1.807, 2.05) is 30.9 Å². The van der Waals surface area contributed by atoms with Gasteiger partial charge in [-0.25, -0.2) is 4.98 Å². The molecule has 1 rings (SSSR count). The normalized spacial score (nSPS) is 10.5. The lowest BCUT2D eigenvalue weighted by atomic mass is 10.2. The van der Waals surface area contributed by atoms with Crippen molar-refractivity contribution in [1.29, 1.82) is 5.41 Å². The van der Waals surface area contributed by atoms with Gasteiger partial charge < -0.3 is 15.7 Å². The molecule has 5 nitrogen and oxygen atoms in total. The van der Waals surface area contributed by atoms with Crippen LogP contribution in [-0.4, -0.2) is 35.1 Å². The van der Waals surface area contributed by atoms with Crippen molar-refractivity contribution >= 4 is 11.7 Å². The average Bonchev–Trinajstić information content (AvgIpc) is 2.25. The second-order valence-corrected chi connectivity index (χ2v) is 3.81. The van der Waals surface area contributed by atoms with E-state index in [0.29, 0.717) is 12.2 Å². The van der Waals surface area contributed by atoms with E-state index in [4.69, 9.17) is 16.2 Å². The lowest BCUT2D eigenvalue weighted by Crippen LogP contribution is -2.34. The van der Waals surface area contributed by atoms with Gasteiger partial charge in [-0.05, 0) is 26.0 Å². The molecule has 4 N–H and O–H groups in total. The number of aliphatic hydroxyl groups excluding tert-OH is 1. The van der Waals surface area contributed by atoms with E-state index in [9.17, 15) is 0 Å². The van der Waals surface area contributed by atoms with Crippen molar-refractivity contribution in [3.8, 4) is 0 Å². The van der Waals surface area contributed by atoms with E-state index < -0.39 is 0 Å². The van der Waals surface area contributed by atoms with Crippen LogP contribution in [0.5, 0.6) is 0 Å². The van der Waals surface area contributed by atoms with Gasteiger partial charge in [-0.2, -0.15) is 0 Å². The molecule has 0 unspecified atom stereocenters. The number of anilines is 1. The molecule has 0 saturated carbocycles. The van der Waals surface area contributed by atoms with E-state index in [2.05, 4.69) is 4.98 Å². The maximum absolute atomic E-state index is 8.99. The minimum absolute atomic E-state index is 0.0467. The van der Waals surface area contributed by atoms with Crippen LogP contribution < -0.4 is 10.6 Å². The van der Waals surface area contributed by atoms with E-state index >= 15 is 0 Å². The molecule has 5 heteroatoms. The van der Waals surface area contributed by atoms with Gasteiger partial charge in [-0.15, -0.1) is 0 Å². The van der Waals surface area contributed by atoms with Gasteiger partial charge in [-0.3, -0.25) is 5.41 Å². The Bertz CT molecular complexity index is 365. The highest BCUT2D eigenvalue weighted by molar-refractivity contribution is 5.93. The zero-order valence-corrected chi connectivity index (χ0v) is 9.64. The van der Waals surface area contributed by atoms with Gasteiger partial charge in [0, 0.05) is 12.6 Å². The number of rotatable bonds is 5. The fraction of sp³-hybridized carbons (Fsp3) is 0.455. The molecule has 16 heavy (non-hydrogen) atoms. The second kappa shape index (κ2) is 5.46. The van der Waals surface area contributed by atoms with E-state index in [0.717, 1.165) is 5.82 Å². The minimum Gasteiger partial charge on any atom is -0.395 e. The molecule has 0 amide bonds. The van der Waals surface area contributed by atoms with Crippen molar-refractivity contribution in [2.45, 2.75) is 19.9 Å². The molecule has 0 aliphatic carbocycles. The Balaban J connectivity index is 3.00. The number of pyridine rings is 1. The molecule has 0 atom stereocenters. The number of nitrogen functional groups attached to an aromatic ring is 1. The number of hydrogen-bond acceptors (Lipinski definition) is 4. The molecule has 0 spiro atoms. The quantitative estimate of drug-likeness (QED) is 0.502. The Hall–Kier alpha value is -1.62. The first-order valence-electron chi connectivity index (χ1n) is 5.25. The summed E-state index contributed by atoms with van der Waals surface area (Å²) in [6, 6.07) is 5.60. The predicted molar refractivity (Wildman–Crippen MR) is 64.8 cm³/mol. The SMILES string of the molecule is CC(C)N(CCO)c1cccc(C(=N)N)n1. The first-order valence-corrected chi connectivity index (χ1v) is 5.25. The van der Waals surface area contributed by atoms with Crippen molar-refractivity contribution < 1.29 is 5.11 Å². The van der Waals surface area contributed by atoms with Crippen LogP contribution >= 0.6 is 0 Å². The predicted octanol–water partition coefficient (Wildman–Crippen LogP) is 0.573. The van der Waals surface area contributed by atoms with Crippen LogP contribution in [0.2, 0.25) is 0 Å². The number of nitrogens with one attached hydrogen (secondary N) is 1. The standard InChI is InChI=1S/C11H18N4O/c1-8(2)15(6-7-16)10-5-3-4-9(14-10)11(12)13/h3-5,8,16H,6-7H2,1-2H3,(H3,12,13). The molecule has 1 aromatic rings. The second-order valence-electron chi connectivity index (χ2n) is 3.81. The molecular formula is C11H18N4O. The lowest BCUT2D eigenvalue weighted by Gasteiger charge is -2.27. The fourth-order valence-electron chi connectivity index (χ4n) is 1.48. The lowest BCUT2D eigenvalue weighted by molar-refractivity contribution is 0.298. The molecule has 0 radical (unpaired) electrons. The van der Waals surface area contributed by atoms with Crippen molar-refractivity contribution in [1.82, 2.24) is 4.98 Å². The maximum Gasteiger partial charge on any atom is 0.141 e. The average molecular weight is 222 g/mol. The first kappa shape index (κ1) is 12.4. The molecule has 0 aliphatic heterocycles. The number of hydrogen-bond donors (Lipinski definition) is 3. The van der Waals surface area contributed by atoms with E-state index in [1.54, 1.807) is 6.07 Å². The zero-order chi connectivity index (χ0) is 12.1. The summed E-state index contributed by atoms with van der Waals surface area (Å²) in [6.07, 6.45) is 0. The van der Waals surface area contributed by atoms with Crippen LogP contribution in [0.25, 0.3) is 0 Å². The highest BCUT2D eigenvalue weighted by Gasteiger charge is 2.11. The van der Waals surface area contributed by atoms with Crippen molar-refractivity contribution in [2.75, 3.05) is 18.1 Å². The van der Waals surface area contributed by atoms with Gasteiger partial charge >= 0.3 is 0 Å². The van der Waals surface area contributed by atoms with Gasteiger partial charge in [0.05, 0.1) is 6.61 Å². The Kier molecular flexibility index (Phi) is 4.25. The van der Waals surface area contributed by atoms with Crippen LogP contribution in [0, 0.1) is 5.41 Å². The van der Waals surface area contributed by atoms with Crippen LogP contribution in [-0.2, 0) is 0 Å².